The zero-order chi connectivity index (χ0) is 12.6. The smallest absolute Gasteiger partial charge is 0.306 e. The Morgan fingerprint density at radius 2 is 2.06 bits per heavy atom. The van der Waals surface area contributed by atoms with Gasteiger partial charge in [-0.1, -0.05) is 6.07 Å². The molecule has 1 aliphatic rings. The summed E-state index contributed by atoms with van der Waals surface area (Å²) in [7, 11) is 1.55. The van der Waals surface area contributed by atoms with E-state index in [0.717, 1.165) is 11.1 Å². The van der Waals surface area contributed by atoms with Crippen LogP contribution < -0.4 is 0 Å². The summed E-state index contributed by atoms with van der Waals surface area (Å²) in [5.41, 5.74) is 1.77. The van der Waals surface area contributed by atoms with Gasteiger partial charge in [0.05, 0.1) is 10.8 Å². The molecule has 92 valence electrons. The van der Waals surface area contributed by atoms with Crippen molar-refractivity contribution in [3.63, 3.8) is 0 Å². The molecular formula is C11H11ClO4S. The Morgan fingerprint density at radius 3 is 2.65 bits per heavy atom. The quantitative estimate of drug-likeness (QED) is 0.835. The highest BCUT2D eigenvalue weighted by molar-refractivity contribution is 8.13. The number of carbonyl (C=O) groups is 1. The standard InChI is InChI=1S/C11H11ClO4S/c12-17(15,16)10-4-3-7-5-9(11(13)14)2-1-8(7)6-10/h3-4,6,9H,1-2,5H2,(H,13,14). The number of aryl methyl sites for hydroxylation is 1. The maximum Gasteiger partial charge on any atom is 0.306 e. The lowest BCUT2D eigenvalue weighted by atomic mass is 9.84. The second-order valence-corrected chi connectivity index (χ2v) is 6.71. The van der Waals surface area contributed by atoms with E-state index in [1.165, 1.54) is 12.1 Å². The topological polar surface area (TPSA) is 71.4 Å². The zero-order valence-corrected chi connectivity index (χ0v) is 10.5. The minimum atomic E-state index is -3.71. The van der Waals surface area contributed by atoms with Crippen LogP contribution in [0.15, 0.2) is 23.1 Å². The van der Waals surface area contributed by atoms with E-state index in [-0.39, 0.29) is 10.8 Å². The molecule has 0 aliphatic heterocycles. The SMILES string of the molecule is O=C(O)C1CCc2cc(S(=O)(=O)Cl)ccc2C1. The van der Waals surface area contributed by atoms with Gasteiger partial charge in [0.2, 0.25) is 0 Å². The van der Waals surface area contributed by atoms with Crippen molar-refractivity contribution >= 4 is 25.7 Å². The minimum absolute atomic E-state index is 0.0756. The molecule has 2 rings (SSSR count). The lowest BCUT2D eigenvalue weighted by Crippen LogP contribution is -2.22. The van der Waals surface area contributed by atoms with Crippen LogP contribution in [0.3, 0.4) is 0 Å². The van der Waals surface area contributed by atoms with Gasteiger partial charge in [0.1, 0.15) is 0 Å². The number of aliphatic carboxylic acids is 1. The molecular weight excluding hydrogens is 264 g/mol. The van der Waals surface area contributed by atoms with Crippen molar-refractivity contribution in [2.45, 2.75) is 24.2 Å². The Hall–Kier alpha value is -1.07. The monoisotopic (exact) mass is 274 g/mol. The first-order valence-electron chi connectivity index (χ1n) is 5.17. The van der Waals surface area contributed by atoms with Crippen LogP contribution in [-0.4, -0.2) is 19.5 Å². The van der Waals surface area contributed by atoms with Gasteiger partial charge in [-0.15, -0.1) is 0 Å². The van der Waals surface area contributed by atoms with Crippen molar-refractivity contribution in [2.75, 3.05) is 0 Å². The average molecular weight is 275 g/mol. The van der Waals surface area contributed by atoms with Crippen molar-refractivity contribution in [2.24, 2.45) is 5.92 Å². The normalized spacial score (nSPS) is 19.7. The molecule has 0 spiro atoms. The van der Waals surface area contributed by atoms with Crippen LogP contribution >= 0.6 is 10.7 Å². The lowest BCUT2D eigenvalue weighted by molar-refractivity contribution is -0.142. The van der Waals surface area contributed by atoms with Crippen molar-refractivity contribution < 1.29 is 18.3 Å². The van der Waals surface area contributed by atoms with Crippen LogP contribution in [0, 0.1) is 5.92 Å². The molecule has 0 saturated heterocycles. The molecule has 0 radical (unpaired) electrons. The Balaban J connectivity index is 2.35. The lowest BCUT2D eigenvalue weighted by Gasteiger charge is -2.21. The molecule has 0 fully saturated rings. The summed E-state index contributed by atoms with van der Waals surface area (Å²) in [5.74, 6) is -1.18. The predicted molar refractivity (Wildman–Crippen MR) is 62.6 cm³/mol. The number of hydrogen-bond donors (Lipinski definition) is 1. The maximum atomic E-state index is 11.2. The molecule has 1 unspecified atom stereocenters. The molecule has 1 aromatic rings. The van der Waals surface area contributed by atoms with Crippen LogP contribution in [0.25, 0.3) is 0 Å². The van der Waals surface area contributed by atoms with Gasteiger partial charge in [-0.2, -0.15) is 0 Å². The Kier molecular flexibility index (Phi) is 3.14. The molecule has 4 nitrogen and oxygen atoms in total. The third kappa shape index (κ3) is 2.61. The summed E-state index contributed by atoms with van der Waals surface area (Å²) in [5, 5.41) is 8.93. The fraction of sp³-hybridized carbons (Fsp3) is 0.364. The predicted octanol–water partition coefficient (Wildman–Crippen LogP) is 1.80. The van der Waals surface area contributed by atoms with Crippen LogP contribution in [0.2, 0.25) is 0 Å². The van der Waals surface area contributed by atoms with Gasteiger partial charge in [-0.25, -0.2) is 8.42 Å². The fourth-order valence-electron chi connectivity index (χ4n) is 2.09. The summed E-state index contributed by atoms with van der Waals surface area (Å²) < 4.78 is 22.3. The molecule has 0 heterocycles. The van der Waals surface area contributed by atoms with Gasteiger partial charge in [0.15, 0.2) is 0 Å². The molecule has 1 aromatic carbocycles. The van der Waals surface area contributed by atoms with Crippen LogP contribution in [0.5, 0.6) is 0 Å². The number of benzene rings is 1. The van der Waals surface area contributed by atoms with E-state index in [4.69, 9.17) is 15.8 Å². The van der Waals surface area contributed by atoms with Crippen molar-refractivity contribution in [3.8, 4) is 0 Å². The van der Waals surface area contributed by atoms with Crippen LogP contribution in [-0.2, 0) is 26.7 Å². The van der Waals surface area contributed by atoms with E-state index >= 15 is 0 Å². The number of rotatable bonds is 2. The van der Waals surface area contributed by atoms with Gasteiger partial charge in [-0.3, -0.25) is 4.79 Å². The minimum Gasteiger partial charge on any atom is -0.481 e. The van der Waals surface area contributed by atoms with E-state index in [1.54, 1.807) is 6.07 Å². The van der Waals surface area contributed by atoms with Crippen molar-refractivity contribution in [3.05, 3.63) is 29.3 Å². The number of fused-ring (bicyclic) bond motifs is 1. The summed E-state index contributed by atoms with van der Waals surface area (Å²) >= 11 is 0. The Morgan fingerprint density at radius 1 is 1.35 bits per heavy atom. The molecule has 1 N–H and O–H groups in total. The van der Waals surface area contributed by atoms with Gasteiger partial charge >= 0.3 is 5.97 Å². The van der Waals surface area contributed by atoms with E-state index in [1.807, 2.05) is 0 Å². The van der Waals surface area contributed by atoms with Crippen molar-refractivity contribution in [1.29, 1.82) is 0 Å². The number of hydrogen-bond acceptors (Lipinski definition) is 3. The molecule has 0 aromatic heterocycles. The summed E-state index contributed by atoms with van der Waals surface area (Å²) in [6, 6.07) is 4.61. The first kappa shape index (κ1) is 12.4. The second kappa shape index (κ2) is 4.31. The summed E-state index contributed by atoms with van der Waals surface area (Å²) in [6.45, 7) is 0. The summed E-state index contributed by atoms with van der Waals surface area (Å²) in [4.78, 5) is 10.9. The molecule has 0 amide bonds. The number of carboxylic acids is 1. The largest absolute Gasteiger partial charge is 0.481 e. The highest BCUT2D eigenvalue weighted by atomic mass is 35.7. The average Bonchev–Trinajstić information content (AvgIpc) is 2.26. The molecule has 1 aliphatic carbocycles. The highest BCUT2D eigenvalue weighted by Crippen LogP contribution is 2.28. The number of halogens is 1. The van der Waals surface area contributed by atoms with Crippen molar-refractivity contribution in [1.82, 2.24) is 0 Å². The summed E-state index contributed by atoms with van der Waals surface area (Å²) in [6.07, 6.45) is 1.56. The first-order valence-corrected chi connectivity index (χ1v) is 7.48. The van der Waals surface area contributed by atoms with E-state index < -0.39 is 15.0 Å². The van der Waals surface area contributed by atoms with Gasteiger partial charge in [-0.05, 0) is 42.5 Å². The highest BCUT2D eigenvalue weighted by Gasteiger charge is 2.25. The van der Waals surface area contributed by atoms with E-state index in [9.17, 15) is 13.2 Å². The number of carboxylic acid groups (broad SMARTS) is 1. The van der Waals surface area contributed by atoms with E-state index in [0.29, 0.717) is 19.3 Å². The molecule has 1 atom stereocenters. The third-order valence-corrected chi connectivity index (χ3v) is 4.39. The Bertz CT molecular complexity index is 565. The second-order valence-electron chi connectivity index (χ2n) is 4.15. The molecule has 0 bridgehead atoms. The van der Waals surface area contributed by atoms with Crippen LogP contribution in [0.1, 0.15) is 17.5 Å². The fourth-order valence-corrected chi connectivity index (χ4v) is 2.90. The Labute approximate surface area is 104 Å². The molecule has 0 saturated carbocycles. The van der Waals surface area contributed by atoms with Gasteiger partial charge in [0, 0.05) is 10.7 Å². The van der Waals surface area contributed by atoms with Crippen LogP contribution in [0.4, 0.5) is 0 Å². The molecule has 17 heavy (non-hydrogen) atoms. The maximum absolute atomic E-state index is 11.2. The first-order chi connectivity index (χ1) is 7.88. The molecule has 6 heteroatoms. The van der Waals surface area contributed by atoms with E-state index in [2.05, 4.69) is 0 Å². The third-order valence-electron chi connectivity index (χ3n) is 3.04. The van der Waals surface area contributed by atoms with Gasteiger partial charge < -0.3 is 5.11 Å². The van der Waals surface area contributed by atoms with Gasteiger partial charge in [0.25, 0.3) is 9.05 Å². The zero-order valence-electron chi connectivity index (χ0n) is 8.89.